The summed E-state index contributed by atoms with van der Waals surface area (Å²) in [5.41, 5.74) is 1.33. The summed E-state index contributed by atoms with van der Waals surface area (Å²) in [6, 6.07) is 0.498. The van der Waals surface area contributed by atoms with Crippen LogP contribution in [0.1, 0.15) is 62.3 Å². The molecule has 2 unspecified atom stereocenters. The molecule has 0 radical (unpaired) electrons. The quantitative estimate of drug-likeness (QED) is 0.866. The number of carbonyl (C=O) groups excluding carboxylic acids is 1. The topological polar surface area (TPSA) is 71.8 Å². The van der Waals surface area contributed by atoms with Gasteiger partial charge in [-0.1, -0.05) is 25.5 Å². The summed E-state index contributed by atoms with van der Waals surface area (Å²) in [4.78, 5) is 12.4. The van der Waals surface area contributed by atoms with E-state index in [1.807, 2.05) is 18.5 Å². The number of piperidine rings is 1. The van der Waals surface area contributed by atoms with Crippen molar-refractivity contribution >= 4 is 5.91 Å². The van der Waals surface area contributed by atoms with E-state index < -0.39 is 0 Å². The maximum Gasteiger partial charge on any atom is 0.273 e. The first-order chi connectivity index (χ1) is 10.0. The summed E-state index contributed by atoms with van der Waals surface area (Å²) in [6.45, 7) is 10.2. The van der Waals surface area contributed by atoms with Gasteiger partial charge in [0.2, 0.25) is 0 Å². The lowest BCUT2D eigenvalue weighted by Gasteiger charge is -2.23. The minimum absolute atomic E-state index is 0.111. The lowest BCUT2D eigenvalue weighted by Crippen LogP contribution is -2.37. The van der Waals surface area contributed by atoms with Gasteiger partial charge in [0.1, 0.15) is 0 Å². The molecule has 1 aromatic heterocycles. The predicted molar refractivity (Wildman–Crippen MR) is 82.3 cm³/mol. The minimum atomic E-state index is -0.111. The van der Waals surface area contributed by atoms with Crippen molar-refractivity contribution in [2.24, 2.45) is 5.92 Å². The van der Waals surface area contributed by atoms with E-state index in [1.165, 1.54) is 0 Å². The predicted octanol–water partition coefficient (Wildman–Crippen LogP) is 1.68. The third-order valence-corrected chi connectivity index (χ3v) is 4.65. The van der Waals surface area contributed by atoms with Crippen molar-refractivity contribution in [1.29, 1.82) is 0 Å². The van der Waals surface area contributed by atoms with Crippen LogP contribution in [0.4, 0.5) is 0 Å². The smallest absolute Gasteiger partial charge is 0.273 e. The Morgan fingerprint density at radius 1 is 1.43 bits per heavy atom. The van der Waals surface area contributed by atoms with E-state index in [4.69, 9.17) is 0 Å². The van der Waals surface area contributed by atoms with Crippen LogP contribution in [0.25, 0.3) is 0 Å². The second-order valence-corrected chi connectivity index (χ2v) is 6.10. The van der Waals surface area contributed by atoms with Gasteiger partial charge < -0.3 is 10.6 Å². The van der Waals surface area contributed by atoms with Crippen molar-refractivity contribution in [2.75, 3.05) is 13.1 Å². The molecule has 1 amide bonds. The third-order valence-electron chi connectivity index (χ3n) is 4.65. The Labute approximate surface area is 126 Å². The van der Waals surface area contributed by atoms with Crippen molar-refractivity contribution < 1.29 is 4.79 Å². The van der Waals surface area contributed by atoms with Gasteiger partial charge in [-0.2, -0.15) is 0 Å². The highest BCUT2D eigenvalue weighted by Gasteiger charge is 2.24. The van der Waals surface area contributed by atoms with E-state index in [-0.39, 0.29) is 11.9 Å². The fourth-order valence-corrected chi connectivity index (χ4v) is 2.72. The van der Waals surface area contributed by atoms with E-state index in [9.17, 15) is 4.79 Å². The molecule has 2 atom stereocenters. The van der Waals surface area contributed by atoms with Gasteiger partial charge >= 0.3 is 0 Å². The number of rotatable bonds is 5. The summed E-state index contributed by atoms with van der Waals surface area (Å²) in [5.74, 6) is 0.342. The van der Waals surface area contributed by atoms with Crippen LogP contribution >= 0.6 is 0 Å². The van der Waals surface area contributed by atoms with Crippen LogP contribution in [0.15, 0.2) is 0 Å². The molecule has 0 saturated carbocycles. The second-order valence-electron chi connectivity index (χ2n) is 6.10. The third kappa shape index (κ3) is 3.61. The number of aromatic nitrogens is 3. The summed E-state index contributed by atoms with van der Waals surface area (Å²) in [5, 5.41) is 14.7. The molecule has 1 aliphatic rings. The monoisotopic (exact) mass is 293 g/mol. The maximum atomic E-state index is 12.4. The van der Waals surface area contributed by atoms with E-state index in [0.717, 1.165) is 38.0 Å². The van der Waals surface area contributed by atoms with Crippen molar-refractivity contribution in [2.45, 2.75) is 59.0 Å². The van der Waals surface area contributed by atoms with Gasteiger partial charge in [-0.3, -0.25) is 4.79 Å². The van der Waals surface area contributed by atoms with Gasteiger partial charge in [0.25, 0.3) is 5.91 Å². The SMILES string of the molecule is CCC(C)C(C)NC(=O)c1nnn(C2CCNCC2)c1C. The number of hydrogen-bond donors (Lipinski definition) is 2. The molecule has 118 valence electrons. The lowest BCUT2D eigenvalue weighted by molar-refractivity contribution is 0.0922. The van der Waals surface area contributed by atoms with Crippen LogP contribution in [-0.4, -0.2) is 40.0 Å². The summed E-state index contributed by atoms with van der Waals surface area (Å²) >= 11 is 0. The van der Waals surface area contributed by atoms with Gasteiger partial charge in [-0.15, -0.1) is 5.10 Å². The first-order valence-electron chi connectivity index (χ1n) is 7.98. The summed E-state index contributed by atoms with van der Waals surface area (Å²) in [6.07, 6.45) is 3.12. The van der Waals surface area contributed by atoms with Gasteiger partial charge in [0, 0.05) is 6.04 Å². The van der Waals surface area contributed by atoms with Crippen LogP contribution in [0, 0.1) is 12.8 Å². The van der Waals surface area contributed by atoms with Crippen LogP contribution < -0.4 is 10.6 Å². The van der Waals surface area contributed by atoms with Crippen molar-refractivity contribution in [3.8, 4) is 0 Å². The molecule has 1 saturated heterocycles. The molecular weight excluding hydrogens is 266 g/mol. The molecule has 1 aromatic rings. The molecule has 6 heteroatoms. The van der Waals surface area contributed by atoms with Crippen molar-refractivity contribution in [3.63, 3.8) is 0 Å². The van der Waals surface area contributed by atoms with Crippen LogP contribution in [0.3, 0.4) is 0 Å². The standard InChI is InChI=1S/C15H27N5O/c1-5-10(2)11(3)17-15(21)14-12(4)20(19-18-14)13-6-8-16-9-7-13/h10-11,13,16H,5-9H2,1-4H3,(H,17,21). The molecule has 21 heavy (non-hydrogen) atoms. The molecule has 0 spiro atoms. The number of amides is 1. The number of carbonyl (C=O) groups is 1. The Kier molecular flexibility index (Phi) is 5.33. The highest BCUT2D eigenvalue weighted by atomic mass is 16.2. The average Bonchev–Trinajstić information content (AvgIpc) is 2.88. The normalized spacial score (nSPS) is 19.2. The summed E-state index contributed by atoms with van der Waals surface area (Å²) in [7, 11) is 0. The molecule has 0 aromatic carbocycles. The lowest BCUT2D eigenvalue weighted by atomic mass is 10.0. The number of nitrogens with zero attached hydrogens (tertiary/aromatic N) is 3. The fourth-order valence-electron chi connectivity index (χ4n) is 2.72. The average molecular weight is 293 g/mol. The highest BCUT2D eigenvalue weighted by molar-refractivity contribution is 5.93. The molecule has 1 fully saturated rings. The zero-order valence-corrected chi connectivity index (χ0v) is 13.5. The Balaban J connectivity index is 2.06. The highest BCUT2D eigenvalue weighted by Crippen LogP contribution is 2.20. The maximum absolute atomic E-state index is 12.4. The van der Waals surface area contributed by atoms with E-state index in [2.05, 4.69) is 34.8 Å². The molecule has 2 N–H and O–H groups in total. The van der Waals surface area contributed by atoms with Gasteiger partial charge in [0.15, 0.2) is 5.69 Å². The van der Waals surface area contributed by atoms with E-state index in [0.29, 0.717) is 17.7 Å². The number of hydrogen-bond acceptors (Lipinski definition) is 4. The Bertz CT molecular complexity index is 478. The molecule has 6 nitrogen and oxygen atoms in total. The molecule has 0 aliphatic carbocycles. The van der Waals surface area contributed by atoms with Gasteiger partial charge in [-0.05, 0) is 45.7 Å². The Morgan fingerprint density at radius 3 is 2.71 bits per heavy atom. The van der Waals surface area contributed by atoms with E-state index in [1.54, 1.807) is 0 Å². The molecule has 1 aliphatic heterocycles. The van der Waals surface area contributed by atoms with E-state index >= 15 is 0 Å². The van der Waals surface area contributed by atoms with Crippen LogP contribution in [0.2, 0.25) is 0 Å². The molecule has 0 bridgehead atoms. The van der Waals surface area contributed by atoms with Crippen LogP contribution in [-0.2, 0) is 0 Å². The van der Waals surface area contributed by atoms with Crippen LogP contribution in [0.5, 0.6) is 0 Å². The Hall–Kier alpha value is -1.43. The second kappa shape index (κ2) is 7.02. The van der Waals surface area contributed by atoms with Gasteiger partial charge in [-0.25, -0.2) is 4.68 Å². The fraction of sp³-hybridized carbons (Fsp3) is 0.800. The van der Waals surface area contributed by atoms with Crippen molar-refractivity contribution in [3.05, 3.63) is 11.4 Å². The largest absolute Gasteiger partial charge is 0.348 e. The van der Waals surface area contributed by atoms with Crippen molar-refractivity contribution in [1.82, 2.24) is 25.6 Å². The Morgan fingerprint density at radius 2 is 2.10 bits per heavy atom. The first kappa shape index (κ1) is 15.9. The zero-order valence-electron chi connectivity index (χ0n) is 13.5. The molecule has 2 heterocycles. The minimum Gasteiger partial charge on any atom is -0.348 e. The molecule has 2 rings (SSSR count). The number of nitrogens with one attached hydrogen (secondary N) is 2. The zero-order chi connectivity index (χ0) is 15.4. The van der Waals surface area contributed by atoms with Gasteiger partial charge in [0.05, 0.1) is 11.7 Å². The molecular formula is C15H27N5O. The summed E-state index contributed by atoms with van der Waals surface area (Å²) < 4.78 is 1.92. The first-order valence-corrected chi connectivity index (χ1v) is 7.98.